The van der Waals surface area contributed by atoms with Gasteiger partial charge in [-0.2, -0.15) is 18.3 Å². The molecule has 2 aliphatic heterocycles. The van der Waals surface area contributed by atoms with Crippen LogP contribution in [0.5, 0.6) is 0 Å². The van der Waals surface area contributed by atoms with Crippen molar-refractivity contribution >= 4 is 22.4 Å². The first kappa shape index (κ1) is 20.9. The van der Waals surface area contributed by atoms with Crippen LogP contribution in [-0.2, 0) is 10.9 Å². The van der Waals surface area contributed by atoms with Gasteiger partial charge in [-0.05, 0) is 43.5 Å². The lowest BCUT2D eigenvalue weighted by Gasteiger charge is -2.28. The molecule has 0 aliphatic carbocycles. The highest BCUT2D eigenvalue weighted by atomic mass is 19.4. The van der Waals surface area contributed by atoms with E-state index < -0.39 is 17.9 Å². The fourth-order valence-corrected chi connectivity index (χ4v) is 4.63. The van der Waals surface area contributed by atoms with Gasteiger partial charge in [-0.3, -0.25) is 0 Å². The zero-order valence-electron chi connectivity index (χ0n) is 17.6. The molecule has 2 aliphatic rings. The van der Waals surface area contributed by atoms with Gasteiger partial charge in [0.25, 0.3) is 0 Å². The summed E-state index contributed by atoms with van der Waals surface area (Å²) in [6.45, 7) is 4.73. The first-order valence-corrected chi connectivity index (χ1v) is 10.4. The maximum absolute atomic E-state index is 13.3. The van der Waals surface area contributed by atoms with Crippen molar-refractivity contribution in [1.82, 2.24) is 15.2 Å². The van der Waals surface area contributed by atoms with Crippen molar-refractivity contribution in [2.75, 3.05) is 23.4 Å². The van der Waals surface area contributed by atoms with Crippen LogP contribution >= 0.6 is 0 Å². The molecule has 5 rings (SSSR count). The van der Waals surface area contributed by atoms with Gasteiger partial charge in [-0.25, -0.2) is 4.98 Å². The van der Waals surface area contributed by atoms with E-state index in [1.807, 2.05) is 13.0 Å². The van der Waals surface area contributed by atoms with E-state index in [1.165, 1.54) is 13.0 Å². The summed E-state index contributed by atoms with van der Waals surface area (Å²) < 4.78 is 45.7. The standard InChI is InChI=1S/C22H23F3N6O/c1-11-15(4-3-5-18(11)22(23,24)25)20(26)28-21-16-7-19(27-8-17(16)12(2)29-30-21)31-9-14-6-13(31)10-32-14/h3-5,7-8,13-14,20H,6,9-10,26H2,1-2H3,(H,28,30)/t13-,14-,20+/m1/s1. The van der Waals surface area contributed by atoms with Crippen LogP contribution in [0.1, 0.15) is 35.0 Å². The Morgan fingerprint density at radius 2 is 2.03 bits per heavy atom. The third-order valence-electron chi connectivity index (χ3n) is 6.34. The van der Waals surface area contributed by atoms with Gasteiger partial charge in [0.05, 0.1) is 30.0 Å². The number of nitrogens with zero attached hydrogens (tertiary/aromatic N) is 4. The van der Waals surface area contributed by atoms with E-state index in [4.69, 9.17) is 10.5 Å². The van der Waals surface area contributed by atoms with Gasteiger partial charge in [0.2, 0.25) is 0 Å². The number of benzene rings is 1. The Morgan fingerprint density at radius 3 is 2.72 bits per heavy atom. The number of nitrogens with one attached hydrogen (secondary N) is 1. The lowest BCUT2D eigenvalue weighted by Crippen LogP contribution is -2.37. The molecule has 0 saturated carbocycles. The molecule has 2 aromatic heterocycles. The summed E-state index contributed by atoms with van der Waals surface area (Å²) >= 11 is 0. The third kappa shape index (κ3) is 3.53. The van der Waals surface area contributed by atoms with Gasteiger partial charge < -0.3 is 20.7 Å². The quantitative estimate of drug-likeness (QED) is 0.593. The van der Waals surface area contributed by atoms with E-state index in [9.17, 15) is 13.2 Å². The molecular formula is C22H23F3N6O. The number of nitrogens with two attached hydrogens (primary N) is 1. The molecular weight excluding hydrogens is 421 g/mol. The minimum Gasteiger partial charge on any atom is -0.374 e. The minimum atomic E-state index is -4.45. The van der Waals surface area contributed by atoms with Crippen LogP contribution in [0.15, 0.2) is 30.5 Å². The molecule has 3 aromatic rings. The Hall–Kier alpha value is -2.98. The number of anilines is 2. The highest BCUT2D eigenvalue weighted by Crippen LogP contribution is 2.36. The van der Waals surface area contributed by atoms with Crippen LogP contribution in [0, 0.1) is 13.8 Å². The second-order valence-corrected chi connectivity index (χ2v) is 8.36. The van der Waals surface area contributed by atoms with E-state index in [2.05, 4.69) is 25.4 Å². The van der Waals surface area contributed by atoms with Crippen molar-refractivity contribution in [3.8, 4) is 0 Å². The minimum absolute atomic E-state index is 0.0832. The summed E-state index contributed by atoms with van der Waals surface area (Å²) in [6.07, 6.45) is -2.38. The summed E-state index contributed by atoms with van der Waals surface area (Å²) in [5.41, 5.74) is 6.72. The first-order chi connectivity index (χ1) is 15.2. The van der Waals surface area contributed by atoms with E-state index in [1.54, 1.807) is 12.3 Å². The highest BCUT2D eigenvalue weighted by molar-refractivity contribution is 5.94. The van der Waals surface area contributed by atoms with Crippen LogP contribution in [0.3, 0.4) is 0 Å². The first-order valence-electron chi connectivity index (χ1n) is 10.4. The van der Waals surface area contributed by atoms with Crippen LogP contribution < -0.4 is 16.0 Å². The lowest BCUT2D eigenvalue weighted by atomic mass is 10.00. The zero-order chi connectivity index (χ0) is 22.6. The Bertz CT molecular complexity index is 1180. The molecule has 3 N–H and O–H groups in total. The van der Waals surface area contributed by atoms with Gasteiger partial charge in [0.1, 0.15) is 12.0 Å². The summed E-state index contributed by atoms with van der Waals surface area (Å²) in [5, 5.41) is 13.1. The van der Waals surface area contributed by atoms with Crippen LogP contribution in [0.4, 0.5) is 24.8 Å². The van der Waals surface area contributed by atoms with Crippen molar-refractivity contribution in [3.05, 3.63) is 52.8 Å². The number of ether oxygens (including phenoxy) is 1. The van der Waals surface area contributed by atoms with Crippen molar-refractivity contribution in [2.24, 2.45) is 5.73 Å². The topological polar surface area (TPSA) is 89.2 Å². The molecule has 1 aromatic carbocycles. The van der Waals surface area contributed by atoms with Gasteiger partial charge >= 0.3 is 6.18 Å². The third-order valence-corrected chi connectivity index (χ3v) is 6.34. The summed E-state index contributed by atoms with van der Waals surface area (Å²) in [7, 11) is 0. The second-order valence-electron chi connectivity index (χ2n) is 8.36. The summed E-state index contributed by atoms with van der Waals surface area (Å²) in [4.78, 5) is 6.84. The smallest absolute Gasteiger partial charge is 0.374 e. The number of pyridine rings is 1. The average molecular weight is 444 g/mol. The molecule has 0 radical (unpaired) electrons. The molecule has 2 saturated heterocycles. The van der Waals surface area contributed by atoms with Crippen molar-refractivity contribution in [2.45, 2.75) is 44.8 Å². The number of hydrogen-bond donors (Lipinski definition) is 2. The summed E-state index contributed by atoms with van der Waals surface area (Å²) in [6, 6.07) is 6.23. The Kier molecular flexibility index (Phi) is 4.94. The molecule has 0 spiro atoms. The SMILES string of the molecule is Cc1c([C@@H](N)Nc2nnc(C)c3cnc(N4C[C@H]5C[C@@H]4CO5)cc23)cccc1C(F)(F)F. The average Bonchev–Trinajstić information content (AvgIpc) is 3.38. The van der Waals surface area contributed by atoms with Gasteiger partial charge in [-0.1, -0.05) is 12.1 Å². The largest absolute Gasteiger partial charge is 0.416 e. The van der Waals surface area contributed by atoms with Crippen molar-refractivity contribution in [3.63, 3.8) is 0 Å². The number of aryl methyl sites for hydroxylation is 1. The molecule has 4 heterocycles. The van der Waals surface area contributed by atoms with Crippen LogP contribution in [0.2, 0.25) is 0 Å². The van der Waals surface area contributed by atoms with Gasteiger partial charge in [0, 0.05) is 23.5 Å². The predicted octanol–water partition coefficient (Wildman–Crippen LogP) is 3.71. The van der Waals surface area contributed by atoms with E-state index in [0.717, 1.165) is 35.6 Å². The molecule has 2 bridgehead atoms. The molecule has 32 heavy (non-hydrogen) atoms. The molecule has 168 valence electrons. The van der Waals surface area contributed by atoms with E-state index >= 15 is 0 Å². The van der Waals surface area contributed by atoms with Crippen LogP contribution in [-0.4, -0.2) is 40.5 Å². The molecule has 2 fully saturated rings. The Morgan fingerprint density at radius 1 is 1.22 bits per heavy atom. The highest BCUT2D eigenvalue weighted by Gasteiger charge is 2.39. The maximum atomic E-state index is 13.3. The van der Waals surface area contributed by atoms with Crippen LogP contribution in [0.25, 0.3) is 10.8 Å². The number of fused-ring (bicyclic) bond motifs is 3. The summed E-state index contributed by atoms with van der Waals surface area (Å²) in [5.74, 6) is 1.21. The zero-order valence-corrected chi connectivity index (χ0v) is 17.6. The maximum Gasteiger partial charge on any atom is 0.416 e. The van der Waals surface area contributed by atoms with E-state index in [0.29, 0.717) is 29.7 Å². The molecule has 0 unspecified atom stereocenters. The predicted molar refractivity (Wildman–Crippen MR) is 114 cm³/mol. The molecule has 7 nitrogen and oxygen atoms in total. The molecule has 10 heteroatoms. The number of aromatic nitrogens is 3. The fourth-order valence-electron chi connectivity index (χ4n) is 4.63. The van der Waals surface area contributed by atoms with Gasteiger partial charge in [0.15, 0.2) is 5.82 Å². The number of hydrogen-bond acceptors (Lipinski definition) is 7. The monoisotopic (exact) mass is 444 g/mol. The normalized spacial score (nSPS) is 21.4. The molecule has 0 amide bonds. The fraction of sp³-hybridized carbons (Fsp3) is 0.409. The molecule has 3 atom stereocenters. The number of alkyl halides is 3. The Balaban J connectivity index is 1.50. The van der Waals surface area contributed by atoms with Gasteiger partial charge in [-0.15, -0.1) is 5.10 Å². The number of halogens is 3. The lowest BCUT2D eigenvalue weighted by molar-refractivity contribution is -0.138. The Labute approximate surface area is 182 Å². The van der Waals surface area contributed by atoms with E-state index in [-0.39, 0.29) is 11.7 Å². The van der Waals surface area contributed by atoms with Crippen molar-refractivity contribution < 1.29 is 17.9 Å². The second kappa shape index (κ2) is 7.56. The van der Waals surface area contributed by atoms with Crippen molar-refractivity contribution in [1.29, 1.82) is 0 Å². The number of rotatable bonds is 4. The number of morpholine rings is 1.